The van der Waals surface area contributed by atoms with Crippen LogP contribution < -0.4 is 4.74 Å². The molecule has 0 saturated heterocycles. The average molecular weight is 337 g/mol. The van der Waals surface area contributed by atoms with E-state index in [1.165, 1.54) is 0 Å². The molecule has 22 heavy (non-hydrogen) atoms. The molecule has 0 amide bonds. The lowest BCUT2D eigenvalue weighted by molar-refractivity contribution is -0.131. The molecule has 0 heterocycles. The number of hydrogen-bond acceptors (Lipinski definition) is 3. The van der Waals surface area contributed by atoms with Gasteiger partial charge in [0, 0.05) is 17.7 Å². The van der Waals surface area contributed by atoms with E-state index in [9.17, 15) is 9.59 Å². The zero-order valence-corrected chi connectivity index (χ0v) is 12.6. The Morgan fingerprint density at radius 3 is 2.14 bits per heavy atom. The fourth-order valence-corrected chi connectivity index (χ4v) is 1.89. The van der Waals surface area contributed by atoms with Crippen LogP contribution in [0, 0.1) is 0 Å². The zero-order valence-electron chi connectivity index (χ0n) is 11.1. The largest absolute Gasteiger partial charge is 0.478 e. The second-order valence-electron chi connectivity index (χ2n) is 4.24. The number of carboxylic acid groups (broad SMARTS) is 1. The summed E-state index contributed by atoms with van der Waals surface area (Å²) in [5, 5.41) is 9.29. The Kier molecular flexibility index (Phi) is 5.20. The number of carbonyl (C=O) groups excluding carboxylic acids is 1. The summed E-state index contributed by atoms with van der Waals surface area (Å²) in [4.78, 5) is 22.0. The van der Waals surface area contributed by atoms with Crippen LogP contribution in [0.1, 0.15) is 10.4 Å². The molecular weight excluding hydrogens is 327 g/mol. The summed E-state index contributed by atoms with van der Waals surface area (Å²) in [6.45, 7) is 0. The van der Waals surface area contributed by atoms with Gasteiger partial charge in [0.2, 0.25) is 0 Å². The molecule has 0 aliphatic carbocycles. The number of benzene rings is 2. The van der Waals surface area contributed by atoms with E-state index in [1.807, 2.05) is 0 Å². The number of rotatable bonds is 5. The number of ether oxygens (including phenoxy) is 1. The van der Waals surface area contributed by atoms with E-state index >= 15 is 0 Å². The fraction of sp³-hybridized carbons (Fsp3) is 0. The van der Waals surface area contributed by atoms with Crippen molar-refractivity contribution in [2.75, 3.05) is 0 Å². The van der Waals surface area contributed by atoms with Crippen LogP contribution >= 0.6 is 23.2 Å². The first-order valence-corrected chi connectivity index (χ1v) is 6.89. The summed E-state index contributed by atoms with van der Waals surface area (Å²) in [6.07, 6.45) is 1.79. The second-order valence-corrected chi connectivity index (χ2v) is 5.05. The predicted molar refractivity (Wildman–Crippen MR) is 84.1 cm³/mol. The SMILES string of the molecule is O=C(O)/C=C/C(=O)c1ccc(Oc2ccc(Cl)c(Cl)c2)cc1. The molecule has 2 rings (SSSR count). The van der Waals surface area contributed by atoms with Gasteiger partial charge in [-0.15, -0.1) is 0 Å². The average Bonchev–Trinajstić information content (AvgIpc) is 2.49. The van der Waals surface area contributed by atoms with Crippen LogP contribution in [0.3, 0.4) is 0 Å². The molecule has 112 valence electrons. The second kappa shape index (κ2) is 7.11. The van der Waals surface area contributed by atoms with Crippen LogP contribution in [0.5, 0.6) is 11.5 Å². The molecule has 6 heteroatoms. The van der Waals surface area contributed by atoms with Gasteiger partial charge in [-0.3, -0.25) is 4.79 Å². The normalized spacial score (nSPS) is 10.6. The monoisotopic (exact) mass is 336 g/mol. The van der Waals surface area contributed by atoms with Crippen LogP contribution in [0.2, 0.25) is 10.0 Å². The molecule has 0 bridgehead atoms. The van der Waals surface area contributed by atoms with Crippen molar-refractivity contribution in [2.45, 2.75) is 0 Å². The van der Waals surface area contributed by atoms with Gasteiger partial charge >= 0.3 is 5.97 Å². The number of allylic oxidation sites excluding steroid dienone is 1. The molecule has 2 aromatic carbocycles. The Morgan fingerprint density at radius 2 is 1.55 bits per heavy atom. The smallest absolute Gasteiger partial charge is 0.328 e. The first-order chi connectivity index (χ1) is 10.5. The van der Waals surface area contributed by atoms with Gasteiger partial charge in [-0.2, -0.15) is 0 Å². The fourth-order valence-electron chi connectivity index (χ4n) is 1.61. The number of aliphatic carboxylic acids is 1. The van der Waals surface area contributed by atoms with E-state index in [-0.39, 0.29) is 0 Å². The molecule has 0 radical (unpaired) electrons. The van der Waals surface area contributed by atoms with E-state index in [2.05, 4.69) is 0 Å². The third-order valence-corrected chi connectivity index (χ3v) is 3.38. The Balaban J connectivity index is 2.10. The summed E-state index contributed by atoms with van der Waals surface area (Å²) in [5.41, 5.74) is 0.360. The van der Waals surface area contributed by atoms with E-state index in [4.69, 9.17) is 33.0 Å². The van der Waals surface area contributed by atoms with Crippen LogP contribution in [0.4, 0.5) is 0 Å². The van der Waals surface area contributed by atoms with Gasteiger partial charge in [-0.05, 0) is 42.5 Å². The summed E-state index contributed by atoms with van der Waals surface area (Å²) < 4.78 is 5.58. The van der Waals surface area contributed by atoms with Crippen molar-refractivity contribution in [3.05, 3.63) is 70.2 Å². The van der Waals surface area contributed by atoms with Crippen molar-refractivity contribution in [1.29, 1.82) is 0 Å². The Bertz CT molecular complexity index is 736. The third kappa shape index (κ3) is 4.35. The van der Waals surface area contributed by atoms with Gasteiger partial charge in [0.1, 0.15) is 11.5 Å². The highest BCUT2D eigenvalue weighted by Crippen LogP contribution is 2.29. The van der Waals surface area contributed by atoms with Gasteiger partial charge < -0.3 is 9.84 Å². The Hall–Kier alpha value is -2.30. The highest BCUT2D eigenvalue weighted by molar-refractivity contribution is 6.42. The van der Waals surface area contributed by atoms with Gasteiger partial charge in [-0.1, -0.05) is 23.2 Å². The molecule has 0 aliphatic rings. The predicted octanol–water partition coefficient (Wildman–Crippen LogP) is 4.61. The maximum absolute atomic E-state index is 11.7. The molecule has 0 aliphatic heterocycles. The molecule has 0 aromatic heterocycles. The summed E-state index contributed by atoms with van der Waals surface area (Å²) in [6, 6.07) is 11.2. The van der Waals surface area contributed by atoms with Gasteiger partial charge in [0.05, 0.1) is 10.0 Å². The van der Waals surface area contributed by atoms with Gasteiger partial charge in [0.15, 0.2) is 5.78 Å². The lowest BCUT2D eigenvalue weighted by atomic mass is 10.1. The highest BCUT2D eigenvalue weighted by atomic mass is 35.5. The van der Waals surface area contributed by atoms with Gasteiger partial charge in [-0.25, -0.2) is 4.79 Å². The van der Waals surface area contributed by atoms with Crippen molar-refractivity contribution < 1.29 is 19.4 Å². The van der Waals surface area contributed by atoms with Crippen LogP contribution in [-0.2, 0) is 4.79 Å². The molecule has 0 unspecified atom stereocenters. The zero-order chi connectivity index (χ0) is 16.1. The molecular formula is C16H10Cl2O4. The van der Waals surface area contributed by atoms with Gasteiger partial charge in [0.25, 0.3) is 0 Å². The Morgan fingerprint density at radius 1 is 0.909 bits per heavy atom. The van der Waals surface area contributed by atoms with Crippen LogP contribution in [0.25, 0.3) is 0 Å². The molecule has 0 atom stereocenters. The van der Waals surface area contributed by atoms with Crippen molar-refractivity contribution in [2.24, 2.45) is 0 Å². The lowest BCUT2D eigenvalue weighted by Crippen LogP contribution is -1.96. The number of carboxylic acids is 1. The summed E-state index contributed by atoms with van der Waals surface area (Å²) >= 11 is 11.7. The summed E-state index contributed by atoms with van der Waals surface area (Å²) in [5.74, 6) is -0.548. The topological polar surface area (TPSA) is 63.6 Å². The molecule has 0 saturated carbocycles. The number of halogens is 2. The van der Waals surface area contributed by atoms with E-state index in [1.54, 1.807) is 42.5 Å². The molecule has 4 nitrogen and oxygen atoms in total. The van der Waals surface area contributed by atoms with Crippen molar-refractivity contribution >= 4 is 35.0 Å². The molecule has 0 fully saturated rings. The first-order valence-electron chi connectivity index (χ1n) is 6.14. The number of carbonyl (C=O) groups is 2. The van der Waals surface area contributed by atoms with Crippen molar-refractivity contribution in [1.82, 2.24) is 0 Å². The quantitative estimate of drug-likeness (QED) is 0.639. The standard InChI is InChI=1S/C16H10Cl2O4/c17-13-6-5-12(9-14(13)18)22-11-3-1-10(2-4-11)15(19)7-8-16(20)21/h1-9H,(H,20,21)/b8-7+. The minimum atomic E-state index is -1.17. The molecule has 0 spiro atoms. The van der Waals surface area contributed by atoms with E-state index in [0.717, 1.165) is 12.2 Å². The molecule has 2 aromatic rings. The lowest BCUT2D eigenvalue weighted by Gasteiger charge is -2.07. The Labute approximate surface area is 136 Å². The van der Waals surface area contributed by atoms with Crippen LogP contribution in [0.15, 0.2) is 54.6 Å². The highest BCUT2D eigenvalue weighted by Gasteiger charge is 2.05. The number of ketones is 1. The minimum Gasteiger partial charge on any atom is -0.478 e. The van der Waals surface area contributed by atoms with Crippen molar-refractivity contribution in [3.63, 3.8) is 0 Å². The van der Waals surface area contributed by atoms with E-state index in [0.29, 0.717) is 27.1 Å². The van der Waals surface area contributed by atoms with Crippen molar-refractivity contribution in [3.8, 4) is 11.5 Å². The minimum absolute atomic E-state index is 0.360. The number of hydrogen-bond donors (Lipinski definition) is 1. The maximum Gasteiger partial charge on any atom is 0.328 e. The maximum atomic E-state index is 11.7. The third-order valence-electron chi connectivity index (χ3n) is 2.64. The van der Waals surface area contributed by atoms with E-state index < -0.39 is 11.8 Å². The summed E-state index contributed by atoms with van der Waals surface area (Å²) in [7, 11) is 0. The first kappa shape index (κ1) is 16.1. The van der Waals surface area contributed by atoms with Crippen LogP contribution in [-0.4, -0.2) is 16.9 Å². The molecule has 1 N–H and O–H groups in total.